The Morgan fingerprint density at radius 1 is 1.19 bits per heavy atom. The van der Waals surface area contributed by atoms with Crippen LogP contribution in [0.25, 0.3) is 16.9 Å². The van der Waals surface area contributed by atoms with Gasteiger partial charge < -0.3 is 25.2 Å². The van der Waals surface area contributed by atoms with Crippen molar-refractivity contribution in [3.63, 3.8) is 0 Å². The maximum atomic E-state index is 14.8. The summed E-state index contributed by atoms with van der Waals surface area (Å²) in [6.07, 6.45) is 3.70. The topological polar surface area (TPSA) is 110 Å². The van der Waals surface area contributed by atoms with Crippen LogP contribution in [0.15, 0.2) is 61.1 Å². The van der Waals surface area contributed by atoms with Crippen molar-refractivity contribution < 1.29 is 28.2 Å². The molecule has 4 aromatic rings. The number of nitrogens with zero attached hydrogens (tertiary/aromatic N) is 3. The van der Waals surface area contributed by atoms with Crippen molar-refractivity contribution >= 4 is 17.4 Å². The van der Waals surface area contributed by atoms with E-state index in [0.29, 0.717) is 23.3 Å². The predicted molar refractivity (Wildman–Crippen MR) is 131 cm³/mol. The number of methoxy groups -OCH3 is 1. The Hall–Kier alpha value is -4.09. The van der Waals surface area contributed by atoms with E-state index in [2.05, 4.69) is 20.6 Å². The van der Waals surface area contributed by atoms with Crippen LogP contribution in [-0.2, 0) is 4.74 Å². The molecule has 0 spiro atoms. The molecule has 11 heteroatoms. The summed E-state index contributed by atoms with van der Waals surface area (Å²) in [5.74, 6) is -2.45. The SMILES string of the molecule is CCC1OC(Nc2nccn3c(-c4ccc(OC)c(F)c4F)cnc23)C1(CO)NC(=O)c1ccccc1. The van der Waals surface area contributed by atoms with Gasteiger partial charge in [0.05, 0.1) is 31.7 Å². The van der Waals surface area contributed by atoms with Gasteiger partial charge in [-0.25, -0.2) is 14.4 Å². The molecule has 1 saturated heterocycles. The Morgan fingerprint density at radius 2 is 1.97 bits per heavy atom. The van der Waals surface area contributed by atoms with Crippen molar-refractivity contribution in [1.82, 2.24) is 19.7 Å². The standard InChI is InChI=1S/C26H25F2N5O4/c1-3-19-26(14-34,32-24(35)15-7-5-4-6-8-15)25(37-19)31-22-23-30-13-17(33(23)12-11-29-22)16-9-10-18(36-2)21(28)20(16)27/h4-13,19,25,34H,3,14H2,1-2H3,(H,29,31)(H,32,35). The molecule has 1 fully saturated rings. The van der Waals surface area contributed by atoms with Gasteiger partial charge in [0, 0.05) is 23.5 Å². The van der Waals surface area contributed by atoms with Gasteiger partial charge in [0.1, 0.15) is 5.54 Å². The van der Waals surface area contributed by atoms with E-state index in [1.54, 1.807) is 34.9 Å². The quantitative estimate of drug-likeness (QED) is 0.334. The first-order valence-electron chi connectivity index (χ1n) is 11.7. The number of carbonyl (C=O) groups excluding carboxylic acids is 1. The van der Waals surface area contributed by atoms with Gasteiger partial charge in [-0.1, -0.05) is 25.1 Å². The summed E-state index contributed by atoms with van der Waals surface area (Å²) in [6.45, 7) is 1.50. The third kappa shape index (κ3) is 4.05. The molecule has 3 atom stereocenters. The molecule has 192 valence electrons. The van der Waals surface area contributed by atoms with E-state index < -0.39 is 29.5 Å². The molecule has 9 nitrogen and oxygen atoms in total. The summed E-state index contributed by atoms with van der Waals surface area (Å²) in [5.41, 5.74) is -0.0720. The summed E-state index contributed by atoms with van der Waals surface area (Å²) in [6, 6.07) is 11.4. The second-order valence-corrected chi connectivity index (χ2v) is 8.63. The van der Waals surface area contributed by atoms with Crippen molar-refractivity contribution in [2.24, 2.45) is 0 Å². The highest BCUT2D eigenvalue weighted by Crippen LogP contribution is 2.37. The van der Waals surface area contributed by atoms with Crippen LogP contribution in [0.2, 0.25) is 0 Å². The lowest BCUT2D eigenvalue weighted by Gasteiger charge is -2.54. The maximum Gasteiger partial charge on any atom is 0.252 e. The molecule has 0 saturated carbocycles. The number of aliphatic hydroxyl groups is 1. The fourth-order valence-electron chi connectivity index (χ4n) is 4.60. The Morgan fingerprint density at radius 3 is 2.68 bits per heavy atom. The lowest BCUT2D eigenvalue weighted by Crippen LogP contribution is -2.77. The summed E-state index contributed by atoms with van der Waals surface area (Å²) >= 11 is 0. The van der Waals surface area contributed by atoms with Gasteiger partial charge in [0.25, 0.3) is 5.91 Å². The van der Waals surface area contributed by atoms with Crippen LogP contribution in [0.4, 0.5) is 14.6 Å². The molecule has 2 aromatic heterocycles. The number of nitrogens with one attached hydrogen (secondary N) is 2. The molecule has 0 bridgehead atoms. The second-order valence-electron chi connectivity index (χ2n) is 8.63. The van der Waals surface area contributed by atoms with Gasteiger partial charge in [-0.15, -0.1) is 0 Å². The van der Waals surface area contributed by atoms with Crippen LogP contribution in [-0.4, -0.2) is 57.0 Å². The smallest absolute Gasteiger partial charge is 0.252 e. The number of hydrogen-bond donors (Lipinski definition) is 3. The number of hydrogen-bond acceptors (Lipinski definition) is 7. The molecule has 1 amide bonds. The van der Waals surface area contributed by atoms with Crippen molar-refractivity contribution in [1.29, 1.82) is 0 Å². The van der Waals surface area contributed by atoms with E-state index in [9.17, 15) is 18.7 Å². The van der Waals surface area contributed by atoms with Crippen LogP contribution < -0.4 is 15.4 Å². The molecule has 3 heterocycles. The number of amides is 1. The number of ether oxygens (including phenoxy) is 2. The molecular formula is C26H25F2N5O4. The van der Waals surface area contributed by atoms with E-state index in [-0.39, 0.29) is 29.6 Å². The molecule has 3 unspecified atom stereocenters. The number of fused-ring (bicyclic) bond motifs is 1. The van der Waals surface area contributed by atoms with Crippen molar-refractivity contribution in [2.45, 2.75) is 31.2 Å². The van der Waals surface area contributed by atoms with Gasteiger partial charge in [0.2, 0.25) is 5.82 Å². The maximum absolute atomic E-state index is 14.8. The summed E-state index contributed by atoms with van der Waals surface area (Å²) in [5, 5.41) is 16.4. The Labute approximate surface area is 211 Å². The minimum atomic E-state index is -1.13. The van der Waals surface area contributed by atoms with Crippen molar-refractivity contribution in [3.05, 3.63) is 78.3 Å². The van der Waals surface area contributed by atoms with E-state index in [4.69, 9.17) is 9.47 Å². The summed E-state index contributed by atoms with van der Waals surface area (Å²) < 4.78 is 41.5. The first kappa shape index (κ1) is 24.6. The van der Waals surface area contributed by atoms with Gasteiger partial charge in [-0.05, 0) is 30.7 Å². The van der Waals surface area contributed by atoms with Crippen LogP contribution >= 0.6 is 0 Å². The van der Waals surface area contributed by atoms with Crippen molar-refractivity contribution in [2.75, 3.05) is 19.0 Å². The van der Waals surface area contributed by atoms with Gasteiger partial charge in [-0.3, -0.25) is 9.20 Å². The van der Waals surface area contributed by atoms with E-state index in [1.165, 1.54) is 31.6 Å². The third-order valence-corrected chi connectivity index (χ3v) is 6.60. The molecule has 37 heavy (non-hydrogen) atoms. The van der Waals surface area contributed by atoms with Crippen molar-refractivity contribution in [3.8, 4) is 17.0 Å². The normalized spacial score (nSPS) is 20.9. The number of aromatic nitrogens is 3. The lowest BCUT2D eigenvalue weighted by molar-refractivity contribution is -0.210. The molecule has 3 N–H and O–H groups in total. The molecule has 1 aliphatic heterocycles. The van der Waals surface area contributed by atoms with Crippen LogP contribution in [0.3, 0.4) is 0 Å². The number of benzene rings is 2. The zero-order chi connectivity index (χ0) is 26.2. The largest absolute Gasteiger partial charge is 0.494 e. The van der Waals surface area contributed by atoms with Crippen LogP contribution in [0.1, 0.15) is 23.7 Å². The summed E-state index contributed by atoms with van der Waals surface area (Å²) in [4.78, 5) is 21.6. The summed E-state index contributed by atoms with van der Waals surface area (Å²) in [7, 11) is 1.26. The molecule has 5 rings (SSSR count). The number of anilines is 1. The first-order valence-corrected chi connectivity index (χ1v) is 11.7. The lowest BCUT2D eigenvalue weighted by atomic mass is 9.82. The average Bonchev–Trinajstić information content (AvgIpc) is 3.36. The highest BCUT2D eigenvalue weighted by molar-refractivity contribution is 5.95. The number of halogens is 2. The van der Waals surface area contributed by atoms with Gasteiger partial charge in [-0.2, -0.15) is 4.39 Å². The Bertz CT molecular complexity index is 1450. The molecule has 2 aromatic carbocycles. The number of imidazole rings is 1. The van der Waals surface area contributed by atoms with E-state index in [0.717, 1.165) is 0 Å². The van der Waals surface area contributed by atoms with Crippen LogP contribution in [0, 0.1) is 11.6 Å². The zero-order valence-corrected chi connectivity index (χ0v) is 20.1. The monoisotopic (exact) mass is 509 g/mol. The molecular weight excluding hydrogens is 484 g/mol. The van der Waals surface area contributed by atoms with Gasteiger partial charge >= 0.3 is 0 Å². The highest BCUT2D eigenvalue weighted by atomic mass is 19.2. The fourth-order valence-corrected chi connectivity index (χ4v) is 4.60. The fraction of sp³-hybridized carbons (Fsp3) is 0.269. The first-order chi connectivity index (χ1) is 17.9. The zero-order valence-electron chi connectivity index (χ0n) is 20.1. The minimum Gasteiger partial charge on any atom is -0.494 e. The van der Waals surface area contributed by atoms with E-state index in [1.807, 2.05) is 13.0 Å². The highest BCUT2D eigenvalue weighted by Gasteiger charge is 2.57. The van der Waals surface area contributed by atoms with Crippen LogP contribution in [0.5, 0.6) is 5.75 Å². The van der Waals surface area contributed by atoms with Gasteiger partial charge in [0.15, 0.2) is 29.3 Å². The molecule has 0 aliphatic carbocycles. The Kier molecular flexibility index (Phi) is 6.48. The second kappa shape index (κ2) is 9.75. The predicted octanol–water partition coefficient (Wildman–Crippen LogP) is 3.39. The third-order valence-electron chi connectivity index (χ3n) is 6.60. The number of aliphatic hydroxyl groups excluding tert-OH is 1. The van der Waals surface area contributed by atoms with E-state index >= 15 is 0 Å². The number of carbonyl (C=O) groups is 1. The average molecular weight is 510 g/mol. The Balaban J connectivity index is 1.46. The minimum absolute atomic E-state index is 0.00581. The molecule has 0 radical (unpaired) electrons. The number of rotatable bonds is 8. The molecule has 1 aliphatic rings.